The van der Waals surface area contributed by atoms with Gasteiger partial charge in [-0.3, -0.25) is 9.59 Å². The van der Waals surface area contributed by atoms with Crippen molar-refractivity contribution < 1.29 is 22.7 Å². The summed E-state index contributed by atoms with van der Waals surface area (Å²) in [6, 6.07) is 11.8. The standard InChI is InChI=1S/C23H28ClN3O5S/c1-15(2)26-33(30,31)14-17-7-5-4-6-16(17)12-25-23(29)18-10-22(28)27(13-18)20-11-19(24)8-9-21(20)32-3/h4-9,11,15,18,26H,10,12-14H2,1-3H3,(H,25,29). The molecule has 1 aliphatic rings. The number of amides is 2. The van der Waals surface area contributed by atoms with Crippen LogP contribution in [-0.2, 0) is 31.9 Å². The maximum atomic E-state index is 12.8. The third-order valence-corrected chi connectivity index (χ3v) is 7.02. The summed E-state index contributed by atoms with van der Waals surface area (Å²) in [7, 11) is -2.00. The Balaban J connectivity index is 1.67. The number of anilines is 1. The molecule has 2 N–H and O–H groups in total. The lowest BCUT2D eigenvalue weighted by molar-refractivity contribution is -0.126. The van der Waals surface area contributed by atoms with Gasteiger partial charge in [0, 0.05) is 30.6 Å². The monoisotopic (exact) mass is 493 g/mol. The number of benzene rings is 2. The van der Waals surface area contributed by atoms with Crippen LogP contribution >= 0.6 is 11.6 Å². The number of hydrogen-bond acceptors (Lipinski definition) is 5. The Morgan fingerprint density at radius 1 is 1.21 bits per heavy atom. The Kier molecular flexibility index (Phi) is 7.99. The van der Waals surface area contributed by atoms with E-state index in [-0.39, 0.29) is 43.1 Å². The van der Waals surface area contributed by atoms with Crippen LogP contribution in [0.5, 0.6) is 5.75 Å². The van der Waals surface area contributed by atoms with Gasteiger partial charge in [0.25, 0.3) is 0 Å². The van der Waals surface area contributed by atoms with Crippen molar-refractivity contribution in [3.05, 3.63) is 58.6 Å². The molecule has 2 aromatic carbocycles. The quantitative estimate of drug-likeness (QED) is 0.559. The molecule has 2 aromatic rings. The Morgan fingerprint density at radius 3 is 2.58 bits per heavy atom. The molecule has 1 heterocycles. The average molecular weight is 494 g/mol. The highest BCUT2D eigenvalue weighted by atomic mass is 35.5. The summed E-state index contributed by atoms with van der Waals surface area (Å²) in [5, 5.41) is 3.31. The second kappa shape index (κ2) is 10.5. The van der Waals surface area contributed by atoms with E-state index < -0.39 is 15.9 Å². The Morgan fingerprint density at radius 2 is 1.91 bits per heavy atom. The van der Waals surface area contributed by atoms with E-state index in [9.17, 15) is 18.0 Å². The van der Waals surface area contributed by atoms with Crippen LogP contribution in [-0.4, -0.2) is 39.9 Å². The van der Waals surface area contributed by atoms with Crippen LogP contribution in [0.1, 0.15) is 31.4 Å². The first kappa shape index (κ1) is 25.0. The van der Waals surface area contributed by atoms with E-state index in [0.717, 1.165) is 0 Å². The molecule has 1 atom stereocenters. The van der Waals surface area contributed by atoms with Gasteiger partial charge in [-0.25, -0.2) is 13.1 Å². The molecule has 33 heavy (non-hydrogen) atoms. The van der Waals surface area contributed by atoms with Gasteiger partial charge in [0.05, 0.1) is 24.5 Å². The van der Waals surface area contributed by atoms with Gasteiger partial charge in [-0.15, -0.1) is 0 Å². The highest BCUT2D eigenvalue weighted by Crippen LogP contribution is 2.35. The van der Waals surface area contributed by atoms with Crippen molar-refractivity contribution in [2.45, 2.75) is 38.6 Å². The molecule has 8 nitrogen and oxygen atoms in total. The number of nitrogens with one attached hydrogen (secondary N) is 2. The molecule has 0 bridgehead atoms. The molecule has 1 unspecified atom stereocenters. The van der Waals surface area contributed by atoms with Crippen LogP contribution in [0, 0.1) is 5.92 Å². The minimum atomic E-state index is -3.50. The molecule has 1 saturated heterocycles. The lowest BCUT2D eigenvalue weighted by Gasteiger charge is -2.20. The molecule has 3 rings (SSSR count). The number of carbonyl (C=O) groups is 2. The topological polar surface area (TPSA) is 105 Å². The first-order valence-electron chi connectivity index (χ1n) is 10.6. The van der Waals surface area contributed by atoms with Gasteiger partial charge in [-0.2, -0.15) is 0 Å². The van der Waals surface area contributed by atoms with E-state index in [1.165, 1.54) is 12.0 Å². The summed E-state index contributed by atoms with van der Waals surface area (Å²) >= 11 is 6.08. The SMILES string of the molecule is COc1ccc(Cl)cc1N1CC(C(=O)NCc2ccccc2CS(=O)(=O)NC(C)C)CC1=O. The molecule has 1 aliphatic heterocycles. The molecule has 0 saturated carbocycles. The molecule has 0 aliphatic carbocycles. The summed E-state index contributed by atoms with van der Waals surface area (Å²) < 4.78 is 32.6. The molecule has 10 heteroatoms. The molecule has 0 radical (unpaired) electrons. The van der Waals surface area contributed by atoms with Gasteiger partial charge >= 0.3 is 0 Å². The third kappa shape index (κ3) is 6.46. The Bertz CT molecular complexity index is 1140. The zero-order valence-corrected chi connectivity index (χ0v) is 20.4. The summed E-state index contributed by atoms with van der Waals surface area (Å²) in [5.74, 6) is -0.688. The molecular weight excluding hydrogens is 466 g/mol. The highest BCUT2D eigenvalue weighted by molar-refractivity contribution is 7.88. The van der Waals surface area contributed by atoms with Crippen LogP contribution in [0.2, 0.25) is 5.02 Å². The Hall–Kier alpha value is -2.62. The number of rotatable bonds is 9. The van der Waals surface area contributed by atoms with E-state index in [1.807, 2.05) is 0 Å². The van der Waals surface area contributed by atoms with Crippen molar-refractivity contribution in [1.82, 2.24) is 10.0 Å². The number of ether oxygens (including phenoxy) is 1. The molecule has 0 aromatic heterocycles. The number of sulfonamides is 1. The van der Waals surface area contributed by atoms with Crippen molar-refractivity contribution in [3.8, 4) is 5.75 Å². The van der Waals surface area contributed by atoms with Crippen molar-refractivity contribution in [2.75, 3.05) is 18.6 Å². The first-order chi connectivity index (χ1) is 15.6. The van der Waals surface area contributed by atoms with Crippen molar-refractivity contribution in [3.63, 3.8) is 0 Å². The minimum Gasteiger partial charge on any atom is -0.495 e. The second-order valence-corrected chi connectivity index (χ2v) is 10.4. The normalized spacial score (nSPS) is 16.3. The van der Waals surface area contributed by atoms with Crippen LogP contribution in [0.4, 0.5) is 5.69 Å². The highest BCUT2D eigenvalue weighted by Gasteiger charge is 2.36. The number of hydrogen-bond donors (Lipinski definition) is 2. The van der Waals surface area contributed by atoms with Crippen LogP contribution in [0.25, 0.3) is 0 Å². The lowest BCUT2D eigenvalue weighted by atomic mass is 10.1. The number of carbonyl (C=O) groups excluding carboxylic acids is 2. The van der Waals surface area contributed by atoms with E-state index in [1.54, 1.807) is 56.3 Å². The van der Waals surface area contributed by atoms with Gasteiger partial charge < -0.3 is 15.0 Å². The zero-order chi connectivity index (χ0) is 24.2. The van der Waals surface area contributed by atoms with Crippen molar-refractivity contribution in [2.24, 2.45) is 5.92 Å². The largest absolute Gasteiger partial charge is 0.495 e. The number of halogens is 1. The molecular formula is C23H28ClN3O5S. The fraction of sp³-hybridized carbons (Fsp3) is 0.391. The smallest absolute Gasteiger partial charge is 0.227 e. The zero-order valence-electron chi connectivity index (χ0n) is 18.8. The maximum absolute atomic E-state index is 12.8. The third-order valence-electron chi connectivity index (χ3n) is 5.26. The molecule has 0 spiro atoms. The van der Waals surface area contributed by atoms with Gasteiger partial charge in [0.15, 0.2) is 0 Å². The average Bonchev–Trinajstić information content (AvgIpc) is 3.13. The van der Waals surface area contributed by atoms with Crippen molar-refractivity contribution in [1.29, 1.82) is 0 Å². The van der Waals surface area contributed by atoms with Crippen LogP contribution < -0.4 is 19.7 Å². The Labute approximate surface area is 199 Å². The molecule has 178 valence electrons. The minimum absolute atomic E-state index is 0.0653. The maximum Gasteiger partial charge on any atom is 0.227 e. The predicted molar refractivity (Wildman–Crippen MR) is 128 cm³/mol. The van der Waals surface area contributed by atoms with E-state index in [4.69, 9.17) is 16.3 Å². The summed E-state index contributed by atoms with van der Waals surface area (Å²) in [6.07, 6.45) is 0.0653. The number of nitrogens with zero attached hydrogens (tertiary/aromatic N) is 1. The second-order valence-electron chi connectivity index (χ2n) is 8.24. The summed E-state index contributed by atoms with van der Waals surface area (Å²) in [4.78, 5) is 26.9. The fourth-order valence-corrected chi connectivity index (χ4v) is 5.45. The van der Waals surface area contributed by atoms with Gasteiger partial charge in [-0.05, 0) is 43.2 Å². The first-order valence-corrected chi connectivity index (χ1v) is 12.6. The van der Waals surface area contributed by atoms with E-state index in [0.29, 0.717) is 27.6 Å². The fourth-order valence-electron chi connectivity index (χ4n) is 3.79. The van der Waals surface area contributed by atoms with Crippen molar-refractivity contribution >= 4 is 39.1 Å². The lowest BCUT2D eigenvalue weighted by Crippen LogP contribution is -2.33. The van der Waals surface area contributed by atoms with Crippen LogP contribution in [0.3, 0.4) is 0 Å². The number of methoxy groups -OCH3 is 1. The van der Waals surface area contributed by atoms with E-state index in [2.05, 4.69) is 10.0 Å². The van der Waals surface area contributed by atoms with Gasteiger partial charge in [0.1, 0.15) is 5.75 Å². The molecule has 2 amide bonds. The summed E-state index contributed by atoms with van der Waals surface area (Å²) in [5.41, 5.74) is 1.84. The van der Waals surface area contributed by atoms with Gasteiger partial charge in [-0.1, -0.05) is 35.9 Å². The van der Waals surface area contributed by atoms with Crippen LogP contribution in [0.15, 0.2) is 42.5 Å². The molecule has 1 fully saturated rings. The summed E-state index contributed by atoms with van der Waals surface area (Å²) in [6.45, 7) is 3.89. The van der Waals surface area contributed by atoms with E-state index >= 15 is 0 Å². The predicted octanol–water partition coefficient (Wildman–Crippen LogP) is 2.85. The van der Waals surface area contributed by atoms with Gasteiger partial charge in [0.2, 0.25) is 21.8 Å².